The van der Waals surface area contributed by atoms with Gasteiger partial charge in [0.15, 0.2) is 0 Å². The highest BCUT2D eigenvalue weighted by Gasteiger charge is 2.24. The van der Waals surface area contributed by atoms with Gasteiger partial charge in [-0.15, -0.1) is 12.4 Å². The van der Waals surface area contributed by atoms with Crippen LogP contribution in [0.2, 0.25) is 0 Å². The van der Waals surface area contributed by atoms with Gasteiger partial charge in [-0.1, -0.05) is 30.3 Å². The first-order chi connectivity index (χ1) is 13.0. The molecule has 1 heterocycles. The second kappa shape index (κ2) is 10.2. The van der Waals surface area contributed by atoms with Gasteiger partial charge in [0.05, 0.1) is 12.1 Å². The molecule has 0 spiro atoms. The quantitative estimate of drug-likeness (QED) is 0.709. The van der Waals surface area contributed by atoms with Crippen LogP contribution in [0.5, 0.6) is 0 Å². The minimum absolute atomic E-state index is 0. The van der Waals surface area contributed by atoms with Crippen LogP contribution in [0.1, 0.15) is 25.3 Å². The zero-order valence-corrected chi connectivity index (χ0v) is 16.5. The highest BCUT2D eigenvalue weighted by Crippen LogP contribution is 2.23. The first-order valence-corrected chi connectivity index (χ1v) is 9.19. The smallest absolute Gasteiger partial charge is 0.228 e. The van der Waals surface area contributed by atoms with Gasteiger partial charge >= 0.3 is 0 Å². The number of piperidine rings is 1. The Kier molecular flexibility index (Phi) is 7.96. The lowest BCUT2D eigenvalue weighted by atomic mass is 9.92. The van der Waals surface area contributed by atoms with E-state index in [0.29, 0.717) is 11.7 Å². The molecule has 150 valence electrons. The average molecular weight is 406 g/mol. The zero-order valence-electron chi connectivity index (χ0n) is 15.7. The number of carbonyl (C=O) groups excluding carboxylic acids is 2. The maximum Gasteiger partial charge on any atom is 0.228 e. The summed E-state index contributed by atoms with van der Waals surface area (Å²) in [6.45, 7) is 2.86. The number of halogens is 2. The van der Waals surface area contributed by atoms with E-state index in [0.717, 1.165) is 24.9 Å². The minimum atomic E-state index is -0.537. The predicted molar refractivity (Wildman–Crippen MR) is 111 cm³/mol. The van der Waals surface area contributed by atoms with Crippen LogP contribution in [-0.4, -0.2) is 24.4 Å². The van der Waals surface area contributed by atoms with E-state index in [1.54, 1.807) is 0 Å². The molecule has 2 aromatic rings. The predicted octanol–water partition coefficient (Wildman–Crippen LogP) is 3.76. The lowest BCUT2D eigenvalue weighted by Crippen LogP contribution is -2.40. The number of amides is 2. The molecule has 2 amide bonds. The molecule has 2 atom stereocenters. The van der Waals surface area contributed by atoms with Crippen LogP contribution in [0.25, 0.3) is 0 Å². The van der Waals surface area contributed by atoms with Gasteiger partial charge in [-0.2, -0.15) is 0 Å². The van der Waals surface area contributed by atoms with Crippen LogP contribution in [0.3, 0.4) is 0 Å². The minimum Gasteiger partial charge on any atom is -0.326 e. The van der Waals surface area contributed by atoms with Crippen LogP contribution in [0.15, 0.2) is 48.5 Å². The Bertz CT molecular complexity index is 817. The summed E-state index contributed by atoms with van der Waals surface area (Å²) in [5, 5.41) is 8.73. The Labute approximate surface area is 170 Å². The molecular weight excluding hydrogens is 381 g/mol. The van der Waals surface area contributed by atoms with Gasteiger partial charge < -0.3 is 16.0 Å². The molecule has 28 heavy (non-hydrogen) atoms. The van der Waals surface area contributed by atoms with E-state index in [1.807, 2.05) is 30.3 Å². The largest absolute Gasteiger partial charge is 0.326 e. The molecule has 3 N–H and O–H groups in total. The number of hydrogen-bond acceptors (Lipinski definition) is 3. The van der Waals surface area contributed by atoms with Crippen molar-refractivity contribution in [3.05, 3.63) is 59.9 Å². The number of hydrogen-bond donors (Lipinski definition) is 3. The summed E-state index contributed by atoms with van der Waals surface area (Å²) < 4.78 is 14.1. The number of carbonyl (C=O) groups is 2. The van der Waals surface area contributed by atoms with Crippen molar-refractivity contribution >= 4 is 35.6 Å². The molecule has 1 fully saturated rings. The van der Waals surface area contributed by atoms with Gasteiger partial charge in [0.25, 0.3) is 0 Å². The summed E-state index contributed by atoms with van der Waals surface area (Å²) in [5.74, 6) is -0.986. The molecule has 0 bridgehead atoms. The topological polar surface area (TPSA) is 70.2 Å². The van der Waals surface area contributed by atoms with Crippen molar-refractivity contribution < 1.29 is 14.0 Å². The van der Waals surface area contributed by atoms with E-state index < -0.39 is 5.82 Å². The summed E-state index contributed by atoms with van der Waals surface area (Å²) in [7, 11) is 0. The lowest BCUT2D eigenvalue weighted by Gasteiger charge is -2.27. The van der Waals surface area contributed by atoms with Gasteiger partial charge in [0.1, 0.15) is 5.82 Å². The van der Waals surface area contributed by atoms with Gasteiger partial charge in [-0.3, -0.25) is 9.59 Å². The summed E-state index contributed by atoms with van der Waals surface area (Å²) in [5.41, 5.74) is 1.38. The van der Waals surface area contributed by atoms with E-state index in [2.05, 4.69) is 22.9 Å². The van der Waals surface area contributed by atoms with Crippen molar-refractivity contribution in [2.75, 3.05) is 17.2 Å². The number of benzene rings is 2. The van der Waals surface area contributed by atoms with Gasteiger partial charge in [-0.25, -0.2) is 4.39 Å². The maximum absolute atomic E-state index is 14.1. The molecule has 7 heteroatoms. The second-order valence-electron chi connectivity index (χ2n) is 6.97. The van der Waals surface area contributed by atoms with E-state index in [1.165, 1.54) is 18.2 Å². The normalized spacial score (nSPS) is 18.6. The van der Waals surface area contributed by atoms with Gasteiger partial charge in [0.2, 0.25) is 11.8 Å². The molecule has 1 aliphatic heterocycles. The Balaban J connectivity index is 0.00000280. The fourth-order valence-electron chi connectivity index (χ4n) is 3.29. The zero-order chi connectivity index (χ0) is 19.2. The summed E-state index contributed by atoms with van der Waals surface area (Å²) in [6, 6.07) is 13.8. The molecule has 0 unspecified atom stereocenters. The highest BCUT2D eigenvalue weighted by atomic mass is 35.5. The molecule has 2 aromatic carbocycles. The van der Waals surface area contributed by atoms with Crippen molar-refractivity contribution in [3.8, 4) is 0 Å². The summed E-state index contributed by atoms with van der Waals surface area (Å²) in [6.07, 6.45) is 1.70. The molecule has 0 aromatic heterocycles. The Morgan fingerprint density at radius 3 is 2.61 bits per heavy atom. The molecule has 1 aliphatic rings. The van der Waals surface area contributed by atoms with Crippen molar-refractivity contribution in [1.29, 1.82) is 0 Å². The first-order valence-electron chi connectivity index (χ1n) is 9.19. The highest BCUT2D eigenvalue weighted by molar-refractivity contribution is 5.95. The third-order valence-corrected chi connectivity index (χ3v) is 4.71. The van der Waals surface area contributed by atoms with E-state index >= 15 is 0 Å². The first kappa shape index (κ1) is 21.9. The molecule has 1 saturated heterocycles. The van der Waals surface area contributed by atoms with Crippen LogP contribution in [-0.2, 0) is 16.0 Å². The summed E-state index contributed by atoms with van der Waals surface area (Å²) >= 11 is 0. The number of anilines is 2. The summed E-state index contributed by atoms with van der Waals surface area (Å²) in [4.78, 5) is 24.6. The third kappa shape index (κ3) is 6.04. The maximum atomic E-state index is 14.1. The molecule has 5 nitrogen and oxygen atoms in total. The molecular formula is C21H25ClFN3O2. The van der Waals surface area contributed by atoms with Crippen LogP contribution in [0.4, 0.5) is 15.8 Å². The van der Waals surface area contributed by atoms with Gasteiger partial charge in [-0.05, 0) is 50.1 Å². The van der Waals surface area contributed by atoms with E-state index in [-0.39, 0.29) is 42.2 Å². The third-order valence-electron chi connectivity index (χ3n) is 4.71. The second-order valence-corrected chi connectivity index (χ2v) is 6.97. The average Bonchev–Trinajstić information content (AvgIpc) is 2.65. The monoisotopic (exact) mass is 405 g/mol. The fraction of sp³-hybridized carbons (Fsp3) is 0.333. The Hall–Kier alpha value is -2.44. The number of rotatable bonds is 5. The Morgan fingerprint density at radius 2 is 1.89 bits per heavy atom. The molecule has 0 radical (unpaired) electrons. The molecule has 0 saturated carbocycles. The standard InChI is InChI=1S/C21H24FN3O2.ClH/c1-14-11-16(9-10-23-14)21(27)24-17-7-8-18(22)19(13-17)25-20(26)12-15-5-3-2-4-6-15;/h2-8,13-14,16,23H,9-12H2,1H3,(H,24,27)(H,25,26);1H/t14-,16-;/m0./s1. The van der Waals surface area contributed by atoms with Crippen LogP contribution >= 0.6 is 12.4 Å². The van der Waals surface area contributed by atoms with Crippen molar-refractivity contribution in [2.24, 2.45) is 5.92 Å². The lowest BCUT2D eigenvalue weighted by molar-refractivity contribution is -0.121. The van der Waals surface area contributed by atoms with Crippen molar-refractivity contribution in [2.45, 2.75) is 32.2 Å². The van der Waals surface area contributed by atoms with Crippen LogP contribution in [0, 0.1) is 11.7 Å². The Morgan fingerprint density at radius 1 is 1.14 bits per heavy atom. The number of nitrogens with one attached hydrogen (secondary N) is 3. The fourth-order valence-corrected chi connectivity index (χ4v) is 3.29. The van der Waals surface area contributed by atoms with Gasteiger partial charge in [0, 0.05) is 17.6 Å². The van der Waals surface area contributed by atoms with Crippen molar-refractivity contribution in [3.63, 3.8) is 0 Å². The van der Waals surface area contributed by atoms with Crippen molar-refractivity contribution in [1.82, 2.24) is 5.32 Å². The van der Waals surface area contributed by atoms with E-state index in [4.69, 9.17) is 0 Å². The molecule has 3 rings (SSSR count). The molecule has 0 aliphatic carbocycles. The van der Waals surface area contributed by atoms with E-state index in [9.17, 15) is 14.0 Å². The SMILES string of the molecule is C[C@H]1C[C@@H](C(=O)Nc2ccc(F)c(NC(=O)Cc3ccccc3)c2)CCN1.Cl. The van der Waals surface area contributed by atoms with Crippen LogP contribution < -0.4 is 16.0 Å².